The second-order valence-electron chi connectivity index (χ2n) is 4.60. The first kappa shape index (κ1) is 13.6. The third-order valence-corrected chi connectivity index (χ3v) is 3.48. The lowest BCUT2D eigenvalue weighted by atomic mass is 10.1. The van der Waals surface area contributed by atoms with Gasteiger partial charge < -0.3 is 5.32 Å². The van der Waals surface area contributed by atoms with Gasteiger partial charge in [0.05, 0.1) is 23.5 Å². The molecule has 0 fully saturated rings. The van der Waals surface area contributed by atoms with Crippen LogP contribution in [-0.4, -0.2) is 20.5 Å². The van der Waals surface area contributed by atoms with E-state index < -0.39 is 0 Å². The highest BCUT2D eigenvalue weighted by Crippen LogP contribution is 2.10. The molecule has 3 rings (SSSR count). The molecule has 0 bridgehead atoms. The maximum absolute atomic E-state index is 12.2. The number of hydrogen-bond donors (Lipinski definition) is 1. The van der Waals surface area contributed by atoms with Crippen molar-refractivity contribution in [3.05, 3.63) is 65.7 Å². The molecule has 2 heterocycles. The van der Waals surface area contributed by atoms with Crippen LogP contribution in [0.4, 0.5) is 0 Å². The third-order valence-electron chi connectivity index (χ3n) is 3.17. The summed E-state index contributed by atoms with van der Waals surface area (Å²) in [6.07, 6.45) is 6.49. The highest BCUT2D eigenvalue weighted by molar-refractivity contribution is 6.17. The Morgan fingerprint density at radius 3 is 3.00 bits per heavy atom. The van der Waals surface area contributed by atoms with Gasteiger partial charge >= 0.3 is 0 Å². The summed E-state index contributed by atoms with van der Waals surface area (Å²) in [5, 5.41) is 7.00. The number of carbonyl (C=O) groups excluding carboxylic acids is 1. The summed E-state index contributed by atoms with van der Waals surface area (Å²) in [7, 11) is 0. The number of nitrogens with zero attached hydrogens (tertiary/aromatic N) is 3. The Hall–Kier alpha value is -2.40. The molecule has 1 N–H and O–H groups in total. The van der Waals surface area contributed by atoms with Crippen LogP contribution in [0.2, 0.25) is 0 Å². The zero-order chi connectivity index (χ0) is 14.7. The Morgan fingerprint density at radius 2 is 2.14 bits per heavy atom. The van der Waals surface area contributed by atoms with Gasteiger partial charge in [0.25, 0.3) is 5.91 Å². The van der Waals surface area contributed by atoms with Gasteiger partial charge in [0, 0.05) is 24.8 Å². The van der Waals surface area contributed by atoms with Crippen LogP contribution < -0.4 is 5.32 Å². The largest absolute Gasteiger partial charge is 0.348 e. The molecule has 21 heavy (non-hydrogen) atoms. The molecule has 0 unspecified atom stereocenters. The normalized spacial score (nSPS) is 10.7. The molecule has 0 spiro atoms. The summed E-state index contributed by atoms with van der Waals surface area (Å²) in [6.45, 7) is 0.446. The fraction of sp³-hybridized carbons (Fsp3) is 0.133. The zero-order valence-corrected chi connectivity index (χ0v) is 11.9. The lowest BCUT2D eigenvalue weighted by Gasteiger charge is -2.05. The van der Waals surface area contributed by atoms with Crippen molar-refractivity contribution in [1.82, 2.24) is 19.9 Å². The Kier molecular flexibility index (Phi) is 3.83. The van der Waals surface area contributed by atoms with Crippen LogP contribution in [0.5, 0.6) is 0 Å². The minimum Gasteiger partial charge on any atom is -0.348 e. The fourth-order valence-electron chi connectivity index (χ4n) is 2.11. The lowest BCUT2D eigenvalue weighted by molar-refractivity contribution is 0.0952. The average molecular weight is 301 g/mol. The molecular formula is C15H13ClN4O. The first-order valence-corrected chi connectivity index (χ1v) is 7.01. The van der Waals surface area contributed by atoms with Gasteiger partial charge in [0.1, 0.15) is 0 Å². The van der Waals surface area contributed by atoms with E-state index in [0.29, 0.717) is 23.5 Å². The Morgan fingerprint density at radius 1 is 1.29 bits per heavy atom. The van der Waals surface area contributed by atoms with Crippen molar-refractivity contribution in [3.63, 3.8) is 0 Å². The second-order valence-corrected chi connectivity index (χ2v) is 4.87. The minimum atomic E-state index is -0.172. The molecule has 0 aliphatic rings. The predicted octanol–water partition coefficient (Wildman–Crippen LogP) is 2.40. The number of nitrogens with one attached hydrogen (secondary N) is 1. The van der Waals surface area contributed by atoms with Crippen molar-refractivity contribution < 1.29 is 4.79 Å². The van der Waals surface area contributed by atoms with E-state index in [1.54, 1.807) is 29.3 Å². The van der Waals surface area contributed by atoms with Gasteiger partial charge in [-0.05, 0) is 11.1 Å². The molecule has 5 nitrogen and oxygen atoms in total. The van der Waals surface area contributed by atoms with Crippen molar-refractivity contribution >= 4 is 23.0 Å². The van der Waals surface area contributed by atoms with E-state index in [1.807, 2.05) is 24.3 Å². The van der Waals surface area contributed by atoms with Gasteiger partial charge in [0.15, 0.2) is 0 Å². The first-order valence-electron chi connectivity index (χ1n) is 6.47. The van der Waals surface area contributed by atoms with E-state index in [-0.39, 0.29) is 5.91 Å². The van der Waals surface area contributed by atoms with Crippen LogP contribution in [-0.2, 0) is 12.4 Å². The van der Waals surface area contributed by atoms with Crippen LogP contribution >= 0.6 is 11.6 Å². The Bertz CT molecular complexity index is 784. The van der Waals surface area contributed by atoms with E-state index in [0.717, 1.165) is 11.1 Å². The maximum atomic E-state index is 12.2. The molecule has 1 amide bonds. The molecule has 2 aromatic heterocycles. The molecule has 1 aromatic carbocycles. The summed E-state index contributed by atoms with van der Waals surface area (Å²) < 4.78 is 1.62. The standard InChI is InChI=1S/C15H13ClN4O/c16-7-11-2-1-3-12(6-11)8-18-15(21)13-9-19-20-5-4-17-10-14(13)20/h1-6,9-10H,7-8H2,(H,18,21). The molecule has 0 atom stereocenters. The number of rotatable bonds is 4. The Balaban J connectivity index is 1.74. The van der Waals surface area contributed by atoms with Crippen LogP contribution in [0.15, 0.2) is 49.1 Å². The smallest absolute Gasteiger partial charge is 0.255 e. The second kappa shape index (κ2) is 5.93. The molecule has 6 heteroatoms. The number of amides is 1. The van der Waals surface area contributed by atoms with Crippen molar-refractivity contribution in [2.45, 2.75) is 12.4 Å². The predicted molar refractivity (Wildman–Crippen MR) is 80.2 cm³/mol. The van der Waals surface area contributed by atoms with E-state index in [1.165, 1.54) is 0 Å². The quantitative estimate of drug-likeness (QED) is 0.753. The van der Waals surface area contributed by atoms with Crippen LogP contribution in [0.3, 0.4) is 0 Å². The SMILES string of the molecule is O=C(NCc1cccc(CCl)c1)c1cnn2ccncc12. The van der Waals surface area contributed by atoms with Crippen molar-refractivity contribution in [2.75, 3.05) is 0 Å². The van der Waals surface area contributed by atoms with Crippen molar-refractivity contribution in [2.24, 2.45) is 0 Å². The summed E-state index contributed by atoms with van der Waals surface area (Å²) >= 11 is 5.80. The topological polar surface area (TPSA) is 59.3 Å². The molecule has 0 radical (unpaired) electrons. The first-order chi connectivity index (χ1) is 10.3. The number of carbonyl (C=O) groups is 1. The summed E-state index contributed by atoms with van der Waals surface area (Å²) in [6, 6.07) is 7.81. The zero-order valence-electron chi connectivity index (χ0n) is 11.2. The van der Waals surface area contributed by atoms with Gasteiger partial charge in [-0.15, -0.1) is 11.6 Å². The number of aromatic nitrogens is 3. The van der Waals surface area contributed by atoms with Crippen LogP contribution in [0, 0.1) is 0 Å². The van der Waals surface area contributed by atoms with Gasteiger partial charge in [-0.25, -0.2) is 4.52 Å². The fourth-order valence-corrected chi connectivity index (χ4v) is 2.28. The van der Waals surface area contributed by atoms with Crippen LogP contribution in [0.1, 0.15) is 21.5 Å². The minimum absolute atomic E-state index is 0.172. The highest BCUT2D eigenvalue weighted by Gasteiger charge is 2.12. The number of alkyl halides is 1. The average Bonchev–Trinajstić information content (AvgIpc) is 2.97. The number of fused-ring (bicyclic) bond motifs is 1. The Labute approximate surface area is 126 Å². The summed E-state index contributed by atoms with van der Waals surface area (Å²) in [4.78, 5) is 16.2. The van der Waals surface area contributed by atoms with E-state index in [2.05, 4.69) is 15.4 Å². The molecule has 0 saturated heterocycles. The molecule has 0 saturated carbocycles. The number of halogens is 1. The monoisotopic (exact) mass is 300 g/mol. The molecule has 0 aliphatic heterocycles. The lowest BCUT2D eigenvalue weighted by Crippen LogP contribution is -2.22. The highest BCUT2D eigenvalue weighted by atomic mass is 35.5. The van der Waals surface area contributed by atoms with Crippen molar-refractivity contribution in [3.8, 4) is 0 Å². The number of benzene rings is 1. The summed E-state index contributed by atoms with van der Waals surface area (Å²) in [5.41, 5.74) is 3.24. The van der Waals surface area contributed by atoms with Crippen LogP contribution in [0.25, 0.3) is 5.52 Å². The molecule has 0 aliphatic carbocycles. The van der Waals surface area contributed by atoms with Gasteiger partial charge in [0.2, 0.25) is 0 Å². The molecule has 106 valence electrons. The van der Waals surface area contributed by atoms with E-state index >= 15 is 0 Å². The van der Waals surface area contributed by atoms with Crippen molar-refractivity contribution in [1.29, 1.82) is 0 Å². The van der Waals surface area contributed by atoms with Gasteiger partial charge in [-0.3, -0.25) is 9.78 Å². The number of hydrogen-bond acceptors (Lipinski definition) is 3. The maximum Gasteiger partial charge on any atom is 0.255 e. The summed E-state index contributed by atoms with van der Waals surface area (Å²) in [5.74, 6) is 0.288. The van der Waals surface area contributed by atoms with Gasteiger partial charge in [-0.1, -0.05) is 24.3 Å². The third kappa shape index (κ3) is 2.87. The molecular weight excluding hydrogens is 288 g/mol. The van der Waals surface area contributed by atoms with E-state index in [9.17, 15) is 4.79 Å². The van der Waals surface area contributed by atoms with Gasteiger partial charge in [-0.2, -0.15) is 5.10 Å². The molecule has 3 aromatic rings. The van der Waals surface area contributed by atoms with E-state index in [4.69, 9.17) is 11.6 Å².